The number of hydrogen-bond donors (Lipinski definition) is 2. The molecule has 0 saturated carbocycles. The summed E-state index contributed by atoms with van der Waals surface area (Å²) in [7, 11) is 0. The first-order valence-corrected chi connectivity index (χ1v) is 4.64. The molecule has 1 rings (SSSR count). The molecule has 2 atom stereocenters. The van der Waals surface area contributed by atoms with Crippen molar-refractivity contribution in [3.63, 3.8) is 0 Å². The van der Waals surface area contributed by atoms with Gasteiger partial charge in [-0.05, 0) is 25.4 Å². The van der Waals surface area contributed by atoms with Crippen LogP contribution in [-0.4, -0.2) is 23.6 Å². The highest BCUT2D eigenvalue weighted by molar-refractivity contribution is 14.1. The molecule has 3 heteroatoms. The maximum atomic E-state index is 5.44. The van der Waals surface area contributed by atoms with Crippen LogP contribution in [0, 0.1) is 5.92 Å². The Hall–Kier alpha value is 0.650. The third-order valence-corrected chi connectivity index (χ3v) is 3.25. The number of alkyl halides is 1. The van der Waals surface area contributed by atoms with Gasteiger partial charge in [0.15, 0.2) is 0 Å². The molecule has 1 aliphatic heterocycles. The molecule has 3 N–H and O–H groups in total. The maximum absolute atomic E-state index is 5.44. The van der Waals surface area contributed by atoms with Gasteiger partial charge in [0, 0.05) is 10.5 Å². The molecule has 0 bridgehead atoms. The number of nitrogens with two attached hydrogens (primary N) is 1. The lowest BCUT2D eigenvalue weighted by Gasteiger charge is -2.09. The first-order chi connectivity index (χ1) is 4.34. The van der Waals surface area contributed by atoms with E-state index in [4.69, 9.17) is 5.73 Å². The van der Waals surface area contributed by atoms with Crippen molar-refractivity contribution in [2.45, 2.75) is 10.3 Å². The zero-order chi connectivity index (χ0) is 6.69. The van der Waals surface area contributed by atoms with E-state index in [2.05, 4.69) is 27.9 Å². The van der Waals surface area contributed by atoms with Gasteiger partial charge in [0.05, 0.1) is 0 Å². The fourth-order valence-corrected chi connectivity index (χ4v) is 2.12. The highest BCUT2D eigenvalue weighted by atomic mass is 127. The van der Waals surface area contributed by atoms with Gasteiger partial charge in [-0.1, -0.05) is 22.6 Å². The molecule has 1 fully saturated rings. The van der Waals surface area contributed by atoms with E-state index in [1.54, 1.807) is 0 Å². The Labute approximate surface area is 69.7 Å². The molecular weight excluding hydrogens is 227 g/mol. The molecule has 9 heavy (non-hydrogen) atoms. The van der Waals surface area contributed by atoms with Crippen LogP contribution >= 0.6 is 22.6 Å². The van der Waals surface area contributed by atoms with Gasteiger partial charge in [0.25, 0.3) is 0 Å². The van der Waals surface area contributed by atoms with E-state index in [-0.39, 0.29) is 0 Å². The monoisotopic (exact) mass is 240 g/mol. The molecule has 0 aromatic carbocycles. The Morgan fingerprint density at radius 2 is 2.33 bits per heavy atom. The first kappa shape index (κ1) is 7.75. The summed E-state index contributed by atoms with van der Waals surface area (Å²) in [5, 5.41) is 3.34. The molecule has 1 saturated heterocycles. The second-order valence-electron chi connectivity index (χ2n) is 2.51. The molecule has 0 radical (unpaired) electrons. The second-order valence-corrected chi connectivity index (χ2v) is 4.11. The van der Waals surface area contributed by atoms with Crippen LogP contribution in [0.15, 0.2) is 0 Å². The Morgan fingerprint density at radius 3 is 2.78 bits per heavy atom. The molecule has 2 unspecified atom stereocenters. The second kappa shape index (κ2) is 3.73. The van der Waals surface area contributed by atoms with Crippen molar-refractivity contribution in [3.8, 4) is 0 Å². The predicted octanol–water partition coefficient (Wildman–Crippen LogP) is 0.358. The molecule has 0 aromatic rings. The number of rotatable bonds is 2. The molecule has 0 aliphatic carbocycles. The highest BCUT2D eigenvalue weighted by Gasteiger charge is 2.22. The van der Waals surface area contributed by atoms with Crippen LogP contribution in [-0.2, 0) is 0 Å². The molecular formula is C6H13IN2. The van der Waals surface area contributed by atoms with Crippen LogP contribution in [0.3, 0.4) is 0 Å². The largest absolute Gasteiger partial charge is 0.330 e. The normalized spacial score (nSPS) is 35.3. The SMILES string of the molecule is NCCC1CNCC1I. The van der Waals surface area contributed by atoms with Crippen LogP contribution in [0.2, 0.25) is 0 Å². The number of hydrogen-bond acceptors (Lipinski definition) is 2. The molecule has 2 nitrogen and oxygen atoms in total. The minimum Gasteiger partial charge on any atom is -0.330 e. The molecule has 1 heterocycles. The van der Waals surface area contributed by atoms with Crippen molar-refractivity contribution in [1.82, 2.24) is 5.32 Å². The third-order valence-electron chi connectivity index (χ3n) is 1.79. The summed E-state index contributed by atoms with van der Waals surface area (Å²) in [5.74, 6) is 0.829. The van der Waals surface area contributed by atoms with Crippen molar-refractivity contribution in [3.05, 3.63) is 0 Å². The van der Waals surface area contributed by atoms with E-state index < -0.39 is 0 Å². The number of nitrogens with one attached hydrogen (secondary N) is 1. The van der Waals surface area contributed by atoms with Crippen LogP contribution in [0.4, 0.5) is 0 Å². The lowest BCUT2D eigenvalue weighted by Crippen LogP contribution is -2.16. The van der Waals surface area contributed by atoms with E-state index in [1.807, 2.05) is 0 Å². The molecule has 0 spiro atoms. The van der Waals surface area contributed by atoms with Crippen molar-refractivity contribution in [2.75, 3.05) is 19.6 Å². The Morgan fingerprint density at radius 1 is 1.56 bits per heavy atom. The van der Waals surface area contributed by atoms with Crippen molar-refractivity contribution in [2.24, 2.45) is 11.7 Å². The van der Waals surface area contributed by atoms with E-state index in [0.717, 1.165) is 16.4 Å². The zero-order valence-electron chi connectivity index (χ0n) is 5.44. The lowest BCUT2D eigenvalue weighted by atomic mass is 10.1. The van der Waals surface area contributed by atoms with Crippen molar-refractivity contribution in [1.29, 1.82) is 0 Å². The molecule has 1 aliphatic rings. The van der Waals surface area contributed by atoms with Gasteiger partial charge in [0.1, 0.15) is 0 Å². The van der Waals surface area contributed by atoms with Crippen LogP contribution < -0.4 is 11.1 Å². The summed E-state index contributed by atoms with van der Waals surface area (Å²) in [5.41, 5.74) is 5.44. The van der Waals surface area contributed by atoms with Gasteiger partial charge in [-0.2, -0.15) is 0 Å². The lowest BCUT2D eigenvalue weighted by molar-refractivity contribution is 0.559. The Bertz CT molecular complexity index is 87.1. The fraction of sp³-hybridized carbons (Fsp3) is 1.00. The summed E-state index contributed by atoms with van der Waals surface area (Å²) in [6.45, 7) is 3.18. The Kier molecular flexibility index (Phi) is 3.21. The fourth-order valence-electron chi connectivity index (χ4n) is 1.20. The van der Waals surface area contributed by atoms with E-state index in [0.29, 0.717) is 0 Å². The average molecular weight is 240 g/mol. The van der Waals surface area contributed by atoms with Gasteiger partial charge < -0.3 is 11.1 Å². The van der Waals surface area contributed by atoms with Gasteiger partial charge in [-0.15, -0.1) is 0 Å². The third kappa shape index (κ3) is 2.05. The average Bonchev–Trinajstić information content (AvgIpc) is 2.18. The zero-order valence-corrected chi connectivity index (χ0v) is 7.60. The standard InChI is InChI=1S/C6H13IN2/c7-6-4-9-3-5(6)1-2-8/h5-6,9H,1-4,8H2. The predicted molar refractivity (Wildman–Crippen MR) is 47.8 cm³/mol. The summed E-state index contributed by atoms with van der Waals surface area (Å²) in [4.78, 5) is 0. The van der Waals surface area contributed by atoms with Crippen LogP contribution in [0.5, 0.6) is 0 Å². The summed E-state index contributed by atoms with van der Waals surface area (Å²) < 4.78 is 0.811. The topological polar surface area (TPSA) is 38.0 Å². The van der Waals surface area contributed by atoms with Gasteiger partial charge in [-0.3, -0.25) is 0 Å². The van der Waals surface area contributed by atoms with E-state index >= 15 is 0 Å². The molecule has 54 valence electrons. The first-order valence-electron chi connectivity index (χ1n) is 3.39. The van der Waals surface area contributed by atoms with E-state index in [1.165, 1.54) is 19.5 Å². The van der Waals surface area contributed by atoms with Crippen molar-refractivity contribution >= 4 is 22.6 Å². The van der Waals surface area contributed by atoms with Gasteiger partial charge in [0.2, 0.25) is 0 Å². The highest BCUT2D eigenvalue weighted by Crippen LogP contribution is 2.19. The summed E-state index contributed by atoms with van der Waals surface area (Å²) >= 11 is 2.50. The summed E-state index contributed by atoms with van der Waals surface area (Å²) in [6.07, 6.45) is 1.18. The minimum absolute atomic E-state index is 0.811. The molecule has 0 amide bonds. The summed E-state index contributed by atoms with van der Waals surface area (Å²) in [6, 6.07) is 0. The quantitative estimate of drug-likeness (QED) is 0.540. The van der Waals surface area contributed by atoms with Gasteiger partial charge in [-0.25, -0.2) is 0 Å². The number of halogens is 1. The Balaban J connectivity index is 2.22. The molecule has 0 aromatic heterocycles. The minimum atomic E-state index is 0.811. The smallest absolute Gasteiger partial charge is 0.0275 e. The van der Waals surface area contributed by atoms with E-state index in [9.17, 15) is 0 Å². The van der Waals surface area contributed by atoms with Crippen LogP contribution in [0.25, 0.3) is 0 Å². The maximum Gasteiger partial charge on any atom is 0.0275 e. The van der Waals surface area contributed by atoms with Crippen LogP contribution in [0.1, 0.15) is 6.42 Å². The van der Waals surface area contributed by atoms with Crippen molar-refractivity contribution < 1.29 is 0 Å². The van der Waals surface area contributed by atoms with Gasteiger partial charge >= 0.3 is 0 Å².